The summed E-state index contributed by atoms with van der Waals surface area (Å²) in [5, 5.41) is 18.7. The third kappa shape index (κ3) is 2.60. The van der Waals surface area contributed by atoms with Gasteiger partial charge in [0.15, 0.2) is 0 Å². The van der Waals surface area contributed by atoms with Crippen molar-refractivity contribution in [2.75, 3.05) is 6.54 Å². The Morgan fingerprint density at radius 2 is 2.15 bits per heavy atom. The Morgan fingerprint density at radius 1 is 1.30 bits per heavy atom. The van der Waals surface area contributed by atoms with Crippen LogP contribution >= 0.6 is 0 Å². The number of imidazole rings is 1. The molecule has 0 saturated carbocycles. The van der Waals surface area contributed by atoms with Gasteiger partial charge in [0.25, 0.3) is 0 Å². The molecule has 2 aromatic rings. The van der Waals surface area contributed by atoms with Gasteiger partial charge in [0.05, 0.1) is 6.54 Å². The molecule has 0 atom stereocenters. The second-order valence-corrected chi connectivity index (χ2v) is 4.96. The summed E-state index contributed by atoms with van der Waals surface area (Å²) in [6, 6.07) is 4.11. The van der Waals surface area contributed by atoms with Crippen LogP contribution in [0.3, 0.4) is 0 Å². The highest BCUT2D eigenvalue weighted by molar-refractivity contribution is 6.59. The fraction of sp³-hybridized carbons (Fsp3) is 0.308. The molecule has 0 spiro atoms. The molecule has 2 heterocycles. The number of hydrogen-bond donors (Lipinski definition) is 2. The molecule has 0 saturated heterocycles. The first-order valence-electron chi connectivity index (χ1n) is 6.50. The van der Waals surface area contributed by atoms with Gasteiger partial charge in [-0.1, -0.05) is 6.07 Å². The Morgan fingerprint density at radius 3 is 2.95 bits per heavy atom. The maximum absolute atomic E-state index is 13.2. The highest BCUT2D eigenvalue weighted by Crippen LogP contribution is 2.13. The van der Waals surface area contributed by atoms with Gasteiger partial charge in [-0.3, -0.25) is 4.90 Å². The van der Waals surface area contributed by atoms with Gasteiger partial charge in [0.1, 0.15) is 11.6 Å². The number of hydrogen-bond acceptors (Lipinski definition) is 4. The predicted molar refractivity (Wildman–Crippen MR) is 72.6 cm³/mol. The summed E-state index contributed by atoms with van der Waals surface area (Å²) in [4.78, 5) is 6.44. The summed E-state index contributed by atoms with van der Waals surface area (Å²) < 4.78 is 15.3. The minimum atomic E-state index is -1.66. The molecule has 0 bridgehead atoms. The van der Waals surface area contributed by atoms with Crippen LogP contribution in [0.5, 0.6) is 0 Å². The second kappa shape index (κ2) is 5.36. The summed E-state index contributed by atoms with van der Waals surface area (Å²) in [6.45, 7) is 2.95. The average molecular weight is 275 g/mol. The lowest BCUT2D eigenvalue weighted by atomic mass is 9.77. The third-order valence-corrected chi connectivity index (χ3v) is 3.60. The largest absolute Gasteiger partial charge is 0.488 e. The van der Waals surface area contributed by atoms with E-state index in [0.717, 1.165) is 24.5 Å². The molecule has 0 radical (unpaired) electrons. The van der Waals surface area contributed by atoms with Crippen molar-refractivity contribution in [2.45, 2.75) is 19.6 Å². The number of fused-ring (bicyclic) bond motifs is 1. The van der Waals surface area contributed by atoms with Crippen LogP contribution in [0.4, 0.5) is 4.39 Å². The quantitative estimate of drug-likeness (QED) is 0.756. The zero-order valence-electron chi connectivity index (χ0n) is 10.9. The van der Waals surface area contributed by atoms with Crippen LogP contribution in [0.1, 0.15) is 11.4 Å². The van der Waals surface area contributed by atoms with Gasteiger partial charge >= 0.3 is 7.12 Å². The fourth-order valence-electron chi connectivity index (χ4n) is 2.55. The van der Waals surface area contributed by atoms with Gasteiger partial charge in [-0.15, -0.1) is 0 Å². The van der Waals surface area contributed by atoms with Crippen LogP contribution in [0.25, 0.3) is 0 Å². The second-order valence-electron chi connectivity index (χ2n) is 4.96. The number of benzene rings is 1. The Kier molecular flexibility index (Phi) is 3.56. The van der Waals surface area contributed by atoms with Crippen molar-refractivity contribution in [3.8, 4) is 0 Å². The molecule has 0 unspecified atom stereocenters. The molecular weight excluding hydrogens is 260 g/mol. The molecular formula is C13H15BFN3O2. The van der Waals surface area contributed by atoms with Gasteiger partial charge in [-0.2, -0.15) is 0 Å². The van der Waals surface area contributed by atoms with E-state index in [9.17, 15) is 14.4 Å². The van der Waals surface area contributed by atoms with Gasteiger partial charge in [0.2, 0.25) is 0 Å². The number of aromatic nitrogens is 2. The van der Waals surface area contributed by atoms with Gasteiger partial charge in [-0.25, -0.2) is 9.37 Å². The van der Waals surface area contributed by atoms with Crippen molar-refractivity contribution >= 4 is 12.6 Å². The van der Waals surface area contributed by atoms with Crippen molar-refractivity contribution < 1.29 is 14.4 Å². The lowest BCUT2D eigenvalue weighted by molar-refractivity contribution is 0.209. The molecule has 5 nitrogen and oxygen atoms in total. The van der Waals surface area contributed by atoms with Crippen molar-refractivity contribution in [3.05, 3.63) is 47.8 Å². The van der Waals surface area contributed by atoms with Crippen molar-refractivity contribution in [3.63, 3.8) is 0 Å². The van der Waals surface area contributed by atoms with Crippen molar-refractivity contribution in [2.24, 2.45) is 0 Å². The van der Waals surface area contributed by atoms with E-state index in [0.29, 0.717) is 13.1 Å². The summed E-state index contributed by atoms with van der Waals surface area (Å²) in [7, 11) is -1.66. The van der Waals surface area contributed by atoms with E-state index in [-0.39, 0.29) is 5.46 Å². The summed E-state index contributed by atoms with van der Waals surface area (Å²) >= 11 is 0. The molecule has 0 aliphatic carbocycles. The normalized spacial score (nSPS) is 15.2. The van der Waals surface area contributed by atoms with Crippen LogP contribution < -0.4 is 5.46 Å². The third-order valence-electron chi connectivity index (χ3n) is 3.60. The predicted octanol–water partition coefficient (Wildman–Crippen LogP) is -0.282. The molecule has 1 aliphatic rings. The molecule has 1 aromatic heterocycles. The molecule has 104 valence electrons. The number of rotatable bonds is 3. The highest BCUT2D eigenvalue weighted by Gasteiger charge is 2.21. The molecule has 20 heavy (non-hydrogen) atoms. The zero-order valence-corrected chi connectivity index (χ0v) is 10.9. The zero-order chi connectivity index (χ0) is 14.1. The first kappa shape index (κ1) is 13.3. The molecule has 0 amide bonds. The van der Waals surface area contributed by atoms with Crippen LogP contribution in [0.15, 0.2) is 30.6 Å². The Hall–Kier alpha value is -1.70. The SMILES string of the molecule is OB(O)c1cc(F)ccc1CN1CCn2ccnc2C1. The van der Waals surface area contributed by atoms with E-state index in [1.165, 1.54) is 12.1 Å². The Labute approximate surface area is 116 Å². The lowest BCUT2D eigenvalue weighted by Gasteiger charge is -2.28. The minimum Gasteiger partial charge on any atom is -0.423 e. The van der Waals surface area contributed by atoms with E-state index in [1.54, 1.807) is 12.3 Å². The van der Waals surface area contributed by atoms with Crippen LogP contribution in [-0.4, -0.2) is 38.2 Å². The topological polar surface area (TPSA) is 61.5 Å². The first-order valence-corrected chi connectivity index (χ1v) is 6.50. The summed E-state index contributed by atoms with van der Waals surface area (Å²) in [6.07, 6.45) is 3.73. The molecule has 3 rings (SSSR count). The summed E-state index contributed by atoms with van der Waals surface area (Å²) in [5.74, 6) is 0.524. The van der Waals surface area contributed by atoms with Crippen LogP contribution in [-0.2, 0) is 19.6 Å². The smallest absolute Gasteiger partial charge is 0.423 e. The van der Waals surface area contributed by atoms with Crippen molar-refractivity contribution in [1.29, 1.82) is 0 Å². The van der Waals surface area contributed by atoms with E-state index in [2.05, 4.69) is 14.5 Å². The minimum absolute atomic E-state index is 0.221. The molecule has 7 heteroatoms. The monoisotopic (exact) mass is 275 g/mol. The van der Waals surface area contributed by atoms with E-state index >= 15 is 0 Å². The fourth-order valence-corrected chi connectivity index (χ4v) is 2.55. The van der Waals surface area contributed by atoms with E-state index in [4.69, 9.17) is 0 Å². The highest BCUT2D eigenvalue weighted by atomic mass is 19.1. The molecule has 1 aromatic carbocycles. The standard InChI is InChI=1S/C13H15BFN3O2/c15-11-2-1-10(12(7-11)14(19)20)8-17-5-6-18-4-3-16-13(18)9-17/h1-4,7,19-20H,5-6,8-9H2. The molecule has 1 aliphatic heterocycles. The number of halogens is 1. The van der Waals surface area contributed by atoms with Crippen molar-refractivity contribution in [1.82, 2.24) is 14.5 Å². The lowest BCUT2D eigenvalue weighted by Crippen LogP contribution is -2.38. The average Bonchev–Trinajstić information content (AvgIpc) is 2.88. The van der Waals surface area contributed by atoms with Gasteiger partial charge < -0.3 is 14.6 Å². The maximum Gasteiger partial charge on any atom is 0.488 e. The summed E-state index contributed by atoms with van der Waals surface area (Å²) in [5.41, 5.74) is 0.945. The molecule has 2 N–H and O–H groups in total. The van der Waals surface area contributed by atoms with E-state index < -0.39 is 12.9 Å². The first-order chi connectivity index (χ1) is 9.63. The van der Waals surface area contributed by atoms with Crippen LogP contribution in [0.2, 0.25) is 0 Å². The van der Waals surface area contributed by atoms with Gasteiger partial charge in [-0.05, 0) is 23.2 Å². The Bertz CT molecular complexity index is 617. The number of nitrogens with zero attached hydrogens (tertiary/aromatic N) is 3. The Balaban J connectivity index is 1.79. The van der Waals surface area contributed by atoms with Gasteiger partial charge in [0, 0.05) is 32.0 Å². The molecule has 0 fully saturated rings. The van der Waals surface area contributed by atoms with E-state index in [1.807, 2.05) is 6.20 Å². The van der Waals surface area contributed by atoms with Crippen LogP contribution in [0, 0.1) is 5.82 Å². The maximum atomic E-state index is 13.2.